The van der Waals surface area contributed by atoms with Crippen molar-refractivity contribution in [2.45, 2.75) is 44.2 Å². The molecule has 2 atom stereocenters. The molecule has 13 heavy (non-hydrogen) atoms. The number of nitrogens with one attached hydrogen (secondary N) is 1. The van der Waals surface area contributed by atoms with Gasteiger partial charge in [-0.25, -0.2) is 0 Å². The van der Waals surface area contributed by atoms with Gasteiger partial charge < -0.3 is 5.32 Å². The van der Waals surface area contributed by atoms with Crippen molar-refractivity contribution in [2.75, 3.05) is 0 Å². The van der Waals surface area contributed by atoms with Gasteiger partial charge in [0, 0.05) is 18.0 Å². The molecule has 0 spiro atoms. The zero-order valence-corrected chi connectivity index (χ0v) is 7.62. The quantitative estimate of drug-likeness (QED) is 0.686. The zero-order valence-electron chi connectivity index (χ0n) is 7.62. The molecule has 0 amide bonds. The smallest absolute Gasteiger partial charge is 0.150 e. The van der Waals surface area contributed by atoms with Crippen LogP contribution < -0.4 is 5.32 Å². The minimum absolute atomic E-state index is 0.101. The molecular weight excluding hydrogens is 164 g/mol. The standard InChI is InChI=1S/C10H14N2O/c11-4-3-10(13)7-5-8-1-2-9(6-7)12-8/h7-9,12H,1-3,5-6H2. The highest BCUT2D eigenvalue weighted by Crippen LogP contribution is 2.31. The molecule has 0 radical (unpaired) electrons. The predicted molar refractivity (Wildman–Crippen MR) is 47.9 cm³/mol. The monoisotopic (exact) mass is 178 g/mol. The first-order valence-corrected chi connectivity index (χ1v) is 4.95. The zero-order chi connectivity index (χ0) is 9.26. The van der Waals surface area contributed by atoms with Gasteiger partial charge in [-0.05, 0) is 25.7 Å². The van der Waals surface area contributed by atoms with E-state index in [0.717, 1.165) is 12.8 Å². The van der Waals surface area contributed by atoms with Gasteiger partial charge in [0.25, 0.3) is 0 Å². The Hall–Kier alpha value is -0.880. The van der Waals surface area contributed by atoms with Crippen molar-refractivity contribution in [1.29, 1.82) is 5.26 Å². The Morgan fingerprint density at radius 3 is 2.54 bits per heavy atom. The second kappa shape index (κ2) is 3.47. The summed E-state index contributed by atoms with van der Waals surface area (Å²) in [5, 5.41) is 11.9. The summed E-state index contributed by atoms with van der Waals surface area (Å²) < 4.78 is 0. The second-order valence-corrected chi connectivity index (χ2v) is 4.11. The molecule has 2 fully saturated rings. The number of fused-ring (bicyclic) bond motifs is 2. The van der Waals surface area contributed by atoms with Gasteiger partial charge in [0.2, 0.25) is 0 Å². The van der Waals surface area contributed by atoms with Gasteiger partial charge in [-0.1, -0.05) is 0 Å². The Bertz CT molecular complexity index is 244. The third-order valence-corrected chi connectivity index (χ3v) is 3.18. The van der Waals surface area contributed by atoms with Crippen LogP contribution in [0, 0.1) is 17.2 Å². The van der Waals surface area contributed by atoms with Gasteiger partial charge in [0.1, 0.15) is 5.78 Å². The first-order chi connectivity index (χ1) is 6.29. The number of hydrogen-bond acceptors (Lipinski definition) is 3. The minimum atomic E-state index is 0.101. The maximum Gasteiger partial charge on any atom is 0.150 e. The molecule has 2 bridgehead atoms. The molecule has 0 aliphatic carbocycles. The topological polar surface area (TPSA) is 52.9 Å². The lowest BCUT2D eigenvalue weighted by Crippen LogP contribution is -2.40. The molecule has 0 aromatic rings. The summed E-state index contributed by atoms with van der Waals surface area (Å²) in [4.78, 5) is 11.5. The summed E-state index contributed by atoms with van der Waals surface area (Å²) >= 11 is 0. The molecule has 1 N–H and O–H groups in total. The lowest BCUT2D eigenvalue weighted by Gasteiger charge is -2.27. The molecule has 0 aromatic heterocycles. The van der Waals surface area contributed by atoms with E-state index in [4.69, 9.17) is 5.26 Å². The summed E-state index contributed by atoms with van der Waals surface area (Å²) in [7, 11) is 0. The third-order valence-electron chi connectivity index (χ3n) is 3.18. The fraction of sp³-hybridized carbons (Fsp3) is 0.800. The predicted octanol–water partition coefficient (Wildman–Crippen LogP) is 1.000. The van der Waals surface area contributed by atoms with Crippen LogP contribution in [0.25, 0.3) is 0 Å². The summed E-state index contributed by atoms with van der Waals surface area (Å²) in [5.74, 6) is 0.319. The Morgan fingerprint density at radius 1 is 1.38 bits per heavy atom. The average Bonchev–Trinajstić information content (AvgIpc) is 2.46. The van der Waals surface area contributed by atoms with Crippen molar-refractivity contribution in [1.82, 2.24) is 5.32 Å². The number of carbonyl (C=O) groups is 1. The van der Waals surface area contributed by atoms with Gasteiger partial charge in [0.05, 0.1) is 12.5 Å². The van der Waals surface area contributed by atoms with E-state index in [1.54, 1.807) is 0 Å². The van der Waals surface area contributed by atoms with Crippen LogP contribution in [0.2, 0.25) is 0 Å². The lowest BCUT2D eigenvalue weighted by atomic mass is 9.88. The first-order valence-electron chi connectivity index (χ1n) is 4.95. The summed E-state index contributed by atoms with van der Waals surface area (Å²) in [5.41, 5.74) is 0. The summed E-state index contributed by atoms with van der Waals surface area (Å²) in [6, 6.07) is 3.04. The number of ketones is 1. The van der Waals surface area contributed by atoms with Crippen LogP contribution in [0.5, 0.6) is 0 Å². The molecule has 2 heterocycles. The van der Waals surface area contributed by atoms with E-state index >= 15 is 0 Å². The van der Waals surface area contributed by atoms with E-state index in [1.165, 1.54) is 12.8 Å². The molecule has 0 saturated carbocycles. The van der Waals surface area contributed by atoms with E-state index < -0.39 is 0 Å². The summed E-state index contributed by atoms with van der Waals surface area (Å²) in [6.07, 6.45) is 4.43. The third kappa shape index (κ3) is 1.73. The van der Waals surface area contributed by atoms with Gasteiger partial charge in [-0.2, -0.15) is 5.26 Å². The van der Waals surface area contributed by atoms with Crippen molar-refractivity contribution in [3.05, 3.63) is 0 Å². The maximum atomic E-state index is 11.5. The van der Waals surface area contributed by atoms with Crippen molar-refractivity contribution in [3.8, 4) is 6.07 Å². The maximum absolute atomic E-state index is 11.5. The Balaban J connectivity index is 1.95. The van der Waals surface area contributed by atoms with Crippen molar-refractivity contribution < 1.29 is 4.79 Å². The molecule has 2 aliphatic rings. The van der Waals surface area contributed by atoms with Gasteiger partial charge >= 0.3 is 0 Å². The van der Waals surface area contributed by atoms with E-state index in [-0.39, 0.29) is 18.1 Å². The number of nitriles is 1. The number of rotatable bonds is 2. The number of piperidine rings is 1. The van der Waals surface area contributed by atoms with Crippen LogP contribution >= 0.6 is 0 Å². The number of nitrogens with zero attached hydrogens (tertiary/aromatic N) is 1. The van der Waals surface area contributed by atoms with E-state index in [9.17, 15) is 4.79 Å². The van der Waals surface area contributed by atoms with Crippen LogP contribution in [-0.2, 0) is 4.79 Å². The van der Waals surface area contributed by atoms with Crippen LogP contribution in [-0.4, -0.2) is 17.9 Å². The second-order valence-electron chi connectivity index (χ2n) is 4.11. The highest BCUT2D eigenvalue weighted by Gasteiger charge is 2.36. The fourth-order valence-electron chi connectivity index (χ4n) is 2.54. The summed E-state index contributed by atoms with van der Waals surface area (Å²) in [6.45, 7) is 0. The number of carbonyl (C=O) groups excluding carboxylic acids is 1. The van der Waals surface area contributed by atoms with Gasteiger partial charge in [-0.15, -0.1) is 0 Å². The molecule has 3 nitrogen and oxygen atoms in total. The SMILES string of the molecule is N#CCC(=O)C1CC2CCC(C1)N2. The van der Waals surface area contributed by atoms with Crippen molar-refractivity contribution >= 4 is 5.78 Å². The van der Waals surface area contributed by atoms with Gasteiger partial charge in [-0.3, -0.25) is 4.79 Å². The minimum Gasteiger partial charge on any atom is -0.311 e. The molecule has 3 heteroatoms. The highest BCUT2D eigenvalue weighted by molar-refractivity contribution is 5.83. The molecule has 2 unspecified atom stereocenters. The first kappa shape index (κ1) is 8.71. The molecular formula is C10H14N2O. The van der Waals surface area contributed by atoms with E-state index in [1.807, 2.05) is 6.07 Å². The van der Waals surface area contributed by atoms with Crippen LogP contribution in [0.3, 0.4) is 0 Å². The van der Waals surface area contributed by atoms with E-state index in [2.05, 4.69) is 5.32 Å². The fourth-order valence-corrected chi connectivity index (χ4v) is 2.54. The van der Waals surface area contributed by atoms with Crippen molar-refractivity contribution in [3.63, 3.8) is 0 Å². The molecule has 70 valence electrons. The van der Waals surface area contributed by atoms with Crippen LogP contribution in [0.15, 0.2) is 0 Å². The Morgan fingerprint density at radius 2 is 2.00 bits per heavy atom. The number of Topliss-reactive ketones (excluding diaryl/α,β-unsaturated/α-hetero) is 1. The van der Waals surface area contributed by atoms with Crippen molar-refractivity contribution in [2.24, 2.45) is 5.92 Å². The average molecular weight is 178 g/mol. The highest BCUT2D eigenvalue weighted by atomic mass is 16.1. The number of hydrogen-bond donors (Lipinski definition) is 1. The molecule has 2 rings (SSSR count). The normalized spacial score (nSPS) is 37.0. The molecule has 0 aromatic carbocycles. The Kier molecular flexibility index (Phi) is 2.32. The molecule has 2 aliphatic heterocycles. The lowest BCUT2D eigenvalue weighted by molar-refractivity contribution is -0.123. The van der Waals surface area contributed by atoms with Gasteiger partial charge in [0.15, 0.2) is 0 Å². The van der Waals surface area contributed by atoms with Crippen LogP contribution in [0.4, 0.5) is 0 Å². The molecule has 2 saturated heterocycles. The van der Waals surface area contributed by atoms with E-state index in [0.29, 0.717) is 12.1 Å². The largest absolute Gasteiger partial charge is 0.311 e. The van der Waals surface area contributed by atoms with Crippen LogP contribution in [0.1, 0.15) is 32.1 Å². The Labute approximate surface area is 78.1 Å².